The number of fused-ring (bicyclic) bond motifs is 1. The second-order valence-corrected chi connectivity index (χ2v) is 8.91. The minimum atomic E-state index is -0.276. The standard InChI is InChI=1S/C26H28N2O5/c1-16(2)33-20-11-8-17(9-12-20)23-24(27-18-10-13-21-22(14-18)32-15-31-21)26(30)28(25(23)29)19-6-4-3-5-7-19/h8-14,16,19,27H,3-7,15H2,1-2H3. The maximum Gasteiger partial charge on any atom is 0.278 e. The Balaban J connectivity index is 1.51. The van der Waals surface area contributed by atoms with Gasteiger partial charge in [0.15, 0.2) is 11.5 Å². The van der Waals surface area contributed by atoms with Crippen molar-refractivity contribution in [1.29, 1.82) is 0 Å². The molecule has 0 spiro atoms. The second kappa shape index (κ2) is 8.81. The van der Waals surface area contributed by atoms with Gasteiger partial charge in [-0.1, -0.05) is 31.4 Å². The SMILES string of the molecule is CC(C)Oc1ccc(C2=C(Nc3ccc4c(c3)OCO4)C(=O)N(C3CCCCC3)C2=O)cc1. The normalized spacial score (nSPS) is 18.5. The van der Waals surface area contributed by atoms with E-state index in [0.717, 1.165) is 37.9 Å². The lowest BCUT2D eigenvalue weighted by atomic mass is 9.94. The van der Waals surface area contributed by atoms with Crippen LogP contribution < -0.4 is 19.5 Å². The minimum Gasteiger partial charge on any atom is -0.491 e. The van der Waals surface area contributed by atoms with Gasteiger partial charge in [-0.3, -0.25) is 14.5 Å². The molecule has 0 saturated heterocycles. The summed E-state index contributed by atoms with van der Waals surface area (Å²) in [5.74, 6) is 1.47. The average Bonchev–Trinajstić information content (AvgIpc) is 3.37. The van der Waals surface area contributed by atoms with Gasteiger partial charge in [-0.2, -0.15) is 0 Å². The third kappa shape index (κ3) is 4.15. The first kappa shape index (κ1) is 21.4. The fourth-order valence-corrected chi connectivity index (χ4v) is 4.69. The number of carbonyl (C=O) groups excluding carboxylic acids is 2. The highest BCUT2D eigenvalue weighted by Crippen LogP contribution is 2.38. The zero-order valence-electron chi connectivity index (χ0n) is 18.9. The number of anilines is 1. The van der Waals surface area contributed by atoms with Gasteiger partial charge in [0.25, 0.3) is 11.8 Å². The van der Waals surface area contributed by atoms with Crippen molar-refractivity contribution < 1.29 is 23.8 Å². The Morgan fingerprint density at radius 2 is 1.67 bits per heavy atom. The summed E-state index contributed by atoms with van der Waals surface area (Å²) in [5, 5.41) is 3.22. The van der Waals surface area contributed by atoms with Gasteiger partial charge in [0, 0.05) is 17.8 Å². The van der Waals surface area contributed by atoms with Gasteiger partial charge in [0.05, 0.1) is 11.7 Å². The molecule has 2 amide bonds. The Morgan fingerprint density at radius 1 is 0.939 bits per heavy atom. The van der Waals surface area contributed by atoms with E-state index in [-0.39, 0.29) is 30.8 Å². The van der Waals surface area contributed by atoms with Crippen LogP contribution in [0.5, 0.6) is 17.2 Å². The van der Waals surface area contributed by atoms with Crippen LogP contribution in [0.25, 0.3) is 5.57 Å². The van der Waals surface area contributed by atoms with Crippen LogP contribution in [0.3, 0.4) is 0 Å². The predicted molar refractivity (Wildman–Crippen MR) is 124 cm³/mol. The lowest BCUT2D eigenvalue weighted by Crippen LogP contribution is -2.42. The van der Waals surface area contributed by atoms with Crippen molar-refractivity contribution in [3.8, 4) is 17.2 Å². The van der Waals surface area contributed by atoms with Crippen molar-refractivity contribution in [2.45, 2.75) is 58.1 Å². The molecule has 172 valence electrons. The summed E-state index contributed by atoms with van der Waals surface area (Å²) < 4.78 is 16.6. The summed E-state index contributed by atoms with van der Waals surface area (Å²) in [6, 6.07) is 12.7. The van der Waals surface area contributed by atoms with E-state index >= 15 is 0 Å². The topological polar surface area (TPSA) is 77.1 Å². The Bertz CT molecular complexity index is 1100. The summed E-state index contributed by atoms with van der Waals surface area (Å²) in [6.07, 6.45) is 4.96. The monoisotopic (exact) mass is 448 g/mol. The van der Waals surface area contributed by atoms with Crippen LogP contribution in [0, 0.1) is 0 Å². The van der Waals surface area contributed by atoms with Crippen LogP contribution in [-0.4, -0.2) is 35.7 Å². The molecule has 1 aliphatic carbocycles. The van der Waals surface area contributed by atoms with E-state index in [9.17, 15) is 9.59 Å². The summed E-state index contributed by atoms with van der Waals surface area (Å²) in [6.45, 7) is 4.10. The molecule has 2 aliphatic heterocycles. The number of ether oxygens (including phenoxy) is 3. The Morgan fingerprint density at radius 3 is 2.39 bits per heavy atom. The van der Waals surface area contributed by atoms with Gasteiger partial charge in [-0.25, -0.2) is 0 Å². The maximum absolute atomic E-state index is 13.6. The molecule has 7 nitrogen and oxygen atoms in total. The van der Waals surface area contributed by atoms with E-state index in [1.807, 2.05) is 44.2 Å². The molecule has 33 heavy (non-hydrogen) atoms. The number of hydrogen-bond donors (Lipinski definition) is 1. The number of carbonyl (C=O) groups is 2. The van der Waals surface area contributed by atoms with Gasteiger partial charge in [0.1, 0.15) is 11.4 Å². The molecule has 0 unspecified atom stereocenters. The number of nitrogens with one attached hydrogen (secondary N) is 1. The Kier molecular flexibility index (Phi) is 5.70. The summed E-state index contributed by atoms with van der Waals surface area (Å²) in [7, 11) is 0. The molecule has 0 bridgehead atoms. The van der Waals surface area contributed by atoms with Crippen LogP contribution in [0.1, 0.15) is 51.5 Å². The van der Waals surface area contributed by atoms with Crippen molar-refractivity contribution >= 4 is 23.1 Å². The fourth-order valence-electron chi connectivity index (χ4n) is 4.69. The second-order valence-electron chi connectivity index (χ2n) is 8.91. The van der Waals surface area contributed by atoms with E-state index in [1.54, 1.807) is 12.1 Å². The quantitative estimate of drug-likeness (QED) is 0.644. The molecule has 1 N–H and O–H groups in total. The average molecular weight is 449 g/mol. The largest absolute Gasteiger partial charge is 0.491 e. The van der Waals surface area contributed by atoms with Crippen molar-refractivity contribution in [3.05, 3.63) is 53.7 Å². The van der Waals surface area contributed by atoms with Gasteiger partial charge >= 0.3 is 0 Å². The predicted octanol–water partition coefficient (Wildman–Crippen LogP) is 4.73. The van der Waals surface area contributed by atoms with Crippen LogP contribution in [0.2, 0.25) is 0 Å². The van der Waals surface area contributed by atoms with Crippen LogP contribution >= 0.6 is 0 Å². The highest BCUT2D eigenvalue weighted by Gasteiger charge is 2.43. The maximum atomic E-state index is 13.6. The summed E-state index contributed by atoms with van der Waals surface area (Å²) >= 11 is 0. The lowest BCUT2D eigenvalue weighted by molar-refractivity contribution is -0.140. The van der Waals surface area contributed by atoms with E-state index in [1.165, 1.54) is 4.90 Å². The number of amides is 2. The molecule has 1 fully saturated rings. The molecule has 3 aliphatic rings. The first-order chi connectivity index (χ1) is 16.0. The van der Waals surface area contributed by atoms with E-state index in [0.29, 0.717) is 34.0 Å². The van der Waals surface area contributed by atoms with Gasteiger partial charge in [-0.15, -0.1) is 0 Å². The number of benzene rings is 2. The van der Waals surface area contributed by atoms with Crippen molar-refractivity contribution in [2.24, 2.45) is 0 Å². The molecule has 0 atom stereocenters. The molecule has 2 heterocycles. The van der Waals surface area contributed by atoms with Crippen molar-refractivity contribution in [1.82, 2.24) is 4.90 Å². The zero-order chi connectivity index (χ0) is 22.9. The molecule has 0 aromatic heterocycles. The number of hydrogen-bond acceptors (Lipinski definition) is 6. The highest BCUT2D eigenvalue weighted by atomic mass is 16.7. The molecule has 1 saturated carbocycles. The Hall–Kier alpha value is -3.48. The van der Waals surface area contributed by atoms with Crippen molar-refractivity contribution in [2.75, 3.05) is 12.1 Å². The molecule has 5 rings (SSSR count). The van der Waals surface area contributed by atoms with Crippen LogP contribution in [0.15, 0.2) is 48.2 Å². The summed E-state index contributed by atoms with van der Waals surface area (Å²) in [4.78, 5) is 28.6. The third-order valence-electron chi connectivity index (χ3n) is 6.21. The number of imide groups is 1. The fraction of sp³-hybridized carbons (Fsp3) is 0.385. The molecular weight excluding hydrogens is 420 g/mol. The first-order valence-electron chi connectivity index (χ1n) is 11.6. The molecule has 0 radical (unpaired) electrons. The van der Waals surface area contributed by atoms with Gasteiger partial charge < -0.3 is 19.5 Å². The molecule has 2 aromatic rings. The van der Waals surface area contributed by atoms with Crippen LogP contribution in [0.4, 0.5) is 5.69 Å². The van der Waals surface area contributed by atoms with E-state index in [4.69, 9.17) is 14.2 Å². The molecular formula is C26H28N2O5. The van der Waals surface area contributed by atoms with Gasteiger partial charge in [0.2, 0.25) is 6.79 Å². The zero-order valence-corrected chi connectivity index (χ0v) is 18.9. The number of nitrogens with zero attached hydrogens (tertiary/aromatic N) is 1. The smallest absolute Gasteiger partial charge is 0.278 e. The van der Waals surface area contributed by atoms with E-state index in [2.05, 4.69) is 5.32 Å². The minimum absolute atomic E-state index is 0.0507. The lowest BCUT2D eigenvalue weighted by Gasteiger charge is -2.29. The molecule has 2 aromatic carbocycles. The number of rotatable bonds is 6. The Labute approximate surface area is 193 Å². The molecule has 7 heteroatoms. The highest BCUT2D eigenvalue weighted by molar-refractivity contribution is 6.36. The van der Waals surface area contributed by atoms with Gasteiger partial charge in [-0.05, 0) is 56.5 Å². The summed E-state index contributed by atoms with van der Waals surface area (Å²) in [5.41, 5.74) is 2.03. The van der Waals surface area contributed by atoms with Crippen molar-refractivity contribution in [3.63, 3.8) is 0 Å². The third-order valence-corrected chi connectivity index (χ3v) is 6.21. The van der Waals surface area contributed by atoms with Crippen LogP contribution in [-0.2, 0) is 9.59 Å². The van der Waals surface area contributed by atoms with E-state index < -0.39 is 0 Å². The first-order valence-corrected chi connectivity index (χ1v) is 11.6.